The van der Waals surface area contributed by atoms with E-state index < -0.39 is 11.9 Å². The highest BCUT2D eigenvalue weighted by Crippen LogP contribution is 2.26. The molecule has 0 aliphatic heterocycles. The lowest BCUT2D eigenvalue weighted by Crippen LogP contribution is -2.04. The topological polar surface area (TPSA) is 92.4 Å². The van der Waals surface area contributed by atoms with Gasteiger partial charge in [-0.05, 0) is 11.4 Å². The Bertz CT molecular complexity index is 574. The number of aromatic nitrogens is 2. The lowest BCUT2D eigenvalue weighted by molar-refractivity contribution is -0.137. The van der Waals surface area contributed by atoms with Gasteiger partial charge >= 0.3 is 11.9 Å². The second kappa shape index (κ2) is 5.01. The van der Waals surface area contributed by atoms with Crippen LogP contribution in [0, 0.1) is 0 Å². The van der Waals surface area contributed by atoms with Crippen LogP contribution in [0.3, 0.4) is 0 Å². The molecule has 2 heterocycles. The van der Waals surface area contributed by atoms with Gasteiger partial charge in [-0.25, -0.2) is 4.79 Å². The van der Waals surface area contributed by atoms with Crippen molar-refractivity contribution >= 4 is 23.3 Å². The summed E-state index contributed by atoms with van der Waals surface area (Å²) < 4.78 is 1.35. The van der Waals surface area contributed by atoms with Crippen LogP contribution in [0.25, 0.3) is 10.6 Å². The minimum absolute atomic E-state index is 0.0860. The Morgan fingerprint density at radius 3 is 2.72 bits per heavy atom. The van der Waals surface area contributed by atoms with Crippen molar-refractivity contribution in [1.29, 1.82) is 0 Å². The van der Waals surface area contributed by atoms with E-state index in [0.29, 0.717) is 5.69 Å². The Balaban J connectivity index is 2.33. The maximum atomic E-state index is 11.1. The van der Waals surface area contributed by atoms with Crippen molar-refractivity contribution in [1.82, 2.24) is 9.78 Å². The summed E-state index contributed by atoms with van der Waals surface area (Å²) >= 11 is 1.39. The molecule has 7 heteroatoms. The Hall–Kier alpha value is -2.15. The molecule has 0 aliphatic rings. The van der Waals surface area contributed by atoms with Gasteiger partial charge in [0.25, 0.3) is 0 Å². The van der Waals surface area contributed by atoms with Crippen LogP contribution < -0.4 is 0 Å². The number of carbonyl (C=O) groups is 2. The summed E-state index contributed by atoms with van der Waals surface area (Å²) in [7, 11) is 0. The molecular formula is C11H10N2O4S. The molecule has 2 aromatic rings. The van der Waals surface area contributed by atoms with Crippen LogP contribution in [0.1, 0.15) is 16.8 Å². The summed E-state index contributed by atoms with van der Waals surface area (Å²) in [6.07, 6.45) is 1.27. The van der Waals surface area contributed by atoms with Crippen molar-refractivity contribution < 1.29 is 19.8 Å². The maximum Gasteiger partial charge on any atom is 0.339 e. The van der Waals surface area contributed by atoms with Gasteiger partial charge in [0.05, 0.1) is 17.8 Å². The van der Waals surface area contributed by atoms with Gasteiger partial charge in [-0.2, -0.15) is 5.10 Å². The summed E-state index contributed by atoms with van der Waals surface area (Å²) in [5, 5.41) is 23.6. The lowest BCUT2D eigenvalue weighted by atomic mass is 10.2. The van der Waals surface area contributed by atoms with Crippen molar-refractivity contribution in [2.24, 2.45) is 0 Å². The number of rotatable bonds is 5. The molecule has 0 aromatic carbocycles. The van der Waals surface area contributed by atoms with Gasteiger partial charge < -0.3 is 10.2 Å². The second-order valence-corrected chi connectivity index (χ2v) is 4.53. The third kappa shape index (κ3) is 2.57. The van der Waals surface area contributed by atoms with E-state index >= 15 is 0 Å². The first-order chi connectivity index (χ1) is 8.58. The fourth-order valence-electron chi connectivity index (χ4n) is 1.50. The highest BCUT2D eigenvalue weighted by Gasteiger charge is 2.17. The monoisotopic (exact) mass is 266 g/mol. The number of hydrogen-bond acceptors (Lipinski definition) is 4. The van der Waals surface area contributed by atoms with E-state index in [0.717, 1.165) is 4.88 Å². The number of aliphatic carboxylic acids is 1. The van der Waals surface area contributed by atoms with Gasteiger partial charge in [0.2, 0.25) is 0 Å². The first-order valence-electron chi connectivity index (χ1n) is 5.14. The van der Waals surface area contributed by atoms with Crippen molar-refractivity contribution in [3.05, 3.63) is 29.3 Å². The van der Waals surface area contributed by atoms with E-state index in [4.69, 9.17) is 10.2 Å². The van der Waals surface area contributed by atoms with Gasteiger partial charge in [-0.3, -0.25) is 9.48 Å². The molecule has 2 rings (SSSR count). The zero-order chi connectivity index (χ0) is 13.1. The molecule has 0 saturated heterocycles. The van der Waals surface area contributed by atoms with Gasteiger partial charge in [0.1, 0.15) is 11.3 Å². The molecule has 18 heavy (non-hydrogen) atoms. The molecule has 0 radical (unpaired) electrons. The van der Waals surface area contributed by atoms with E-state index in [-0.39, 0.29) is 18.5 Å². The minimum atomic E-state index is -1.07. The molecule has 6 nitrogen and oxygen atoms in total. The summed E-state index contributed by atoms with van der Waals surface area (Å²) in [6, 6.07) is 3.59. The standard InChI is InChI=1S/C11H10N2O4S/c14-9(15)3-4-13-6-7(11(16)17)10(12-13)8-2-1-5-18-8/h1-2,5-6H,3-4H2,(H,14,15)(H,16,17). The zero-order valence-corrected chi connectivity index (χ0v) is 10.1. The third-order valence-electron chi connectivity index (χ3n) is 2.30. The average Bonchev–Trinajstić information content (AvgIpc) is 2.95. The highest BCUT2D eigenvalue weighted by molar-refractivity contribution is 7.13. The molecule has 2 N–H and O–H groups in total. The van der Waals surface area contributed by atoms with Crippen molar-refractivity contribution in [3.8, 4) is 10.6 Å². The fourth-order valence-corrected chi connectivity index (χ4v) is 2.22. The van der Waals surface area contributed by atoms with Gasteiger partial charge in [0.15, 0.2) is 0 Å². The maximum absolute atomic E-state index is 11.1. The van der Waals surface area contributed by atoms with E-state index in [9.17, 15) is 9.59 Å². The van der Waals surface area contributed by atoms with Crippen molar-refractivity contribution in [3.63, 3.8) is 0 Å². The molecule has 94 valence electrons. The van der Waals surface area contributed by atoms with Crippen LogP contribution in [0.15, 0.2) is 23.7 Å². The SMILES string of the molecule is O=C(O)CCn1cc(C(=O)O)c(-c2cccs2)n1. The molecule has 0 saturated carbocycles. The van der Waals surface area contributed by atoms with E-state index in [1.807, 2.05) is 11.4 Å². The fraction of sp³-hybridized carbons (Fsp3) is 0.182. The van der Waals surface area contributed by atoms with E-state index in [1.54, 1.807) is 6.07 Å². The predicted molar refractivity (Wildman–Crippen MR) is 64.8 cm³/mol. The van der Waals surface area contributed by atoms with Crippen LogP contribution in [0.5, 0.6) is 0 Å². The molecule has 0 atom stereocenters. The first kappa shape index (κ1) is 12.3. The number of carboxylic acids is 2. The van der Waals surface area contributed by atoms with Crippen LogP contribution in [-0.2, 0) is 11.3 Å². The van der Waals surface area contributed by atoms with Crippen LogP contribution in [0.4, 0.5) is 0 Å². The Morgan fingerprint density at radius 1 is 1.39 bits per heavy atom. The molecule has 0 unspecified atom stereocenters. The Labute approximate surface area is 106 Å². The number of nitrogens with zero attached hydrogens (tertiary/aromatic N) is 2. The summed E-state index contributed by atoms with van der Waals surface area (Å²) in [5.41, 5.74) is 0.464. The van der Waals surface area contributed by atoms with Crippen molar-refractivity contribution in [2.75, 3.05) is 0 Å². The predicted octanol–water partition coefficient (Wildman–Crippen LogP) is 1.78. The summed E-state index contributed by atoms with van der Waals surface area (Å²) in [5.74, 6) is -2.01. The summed E-state index contributed by atoms with van der Waals surface area (Å²) in [6.45, 7) is 0.154. The molecule has 0 spiro atoms. The smallest absolute Gasteiger partial charge is 0.339 e. The van der Waals surface area contributed by atoms with Gasteiger partial charge in [-0.15, -0.1) is 11.3 Å². The van der Waals surface area contributed by atoms with E-state index in [1.165, 1.54) is 22.2 Å². The molecule has 2 aromatic heterocycles. The largest absolute Gasteiger partial charge is 0.481 e. The number of thiophene rings is 1. The van der Waals surface area contributed by atoms with Gasteiger partial charge in [0, 0.05) is 6.20 Å². The number of aryl methyl sites for hydroxylation is 1. The highest BCUT2D eigenvalue weighted by atomic mass is 32.1. The number of hydrogen-bond donors (Lipinski definition) is 2. The second-order valence-electron chi connectivity index (χ2n) is 3.58. The number of carboxylic acid groups (broad SMARTS) is 2. The third-order valence-corrected chi connectivity index (χ3v) is 3.18. The molecule has 0 bridgehead atoms. The summed E-state index contributed by atoms with van der Waals surface area (Å²) in [4.78, 5) is 22.3. The van der Waals surface area contributed by atoms with Crippen molar-refractivity contribution in [2.45, 2.75) is 13.0 Å². The number of aromatic carboxylic acids is 1. The van der Waals surface area contributed by atoms with Crippen LogP contribution in [-0.4, -0.2) is 31.9 Å². The minimum Gasteiger partial charge on any atom is -0.481 e. The average molecular weight is 266 g/mol. The first-order valence-corrected chi connectivity index (χ1v) is 6.02. The van der Waals surface area contributed by atoms with E-state index in [2.05, 4.69) is 5.10 Å². The molecule has 0 amide bonds. The normalized spacial score (nSPS) is 10.4. The van der Waals surface area contributed by atoms with Crippen LogP contribution >= 0.6 is 11.3 Å². The Kier molecular flexibility index (Phi) is 3.42. The molecular weight excluding hydrogens is 256 g/mol. The van der Waals surface area contributed by atoms with Gasteiger partial charge in [-0.1, -0.05) is 6.07 Å². The molecule has 0 aliphatic carbocycles. The quantitative estimate of drug-likeness (QED) is 0.860. The zero-order valence-electron chi connectivity index (χ0n) is 9.24. The lowest BCUT2D eigenvalue weighted by Gasteiger charge is -1.96. The molecule has 0 fully saturated rings. The van der Waals surface area contributed by atoms with Crippen LogP contribution in [0.2, 0.25) is 0 Å². The Morgan fingerprint density at radius 2 is 2.17 bits per heavy atom.